The SMILES string of the molecule is CCCCCCC(=O)CCCCCCCNC(C)=O. The van der Waals surface area contributed by atoms with Crippen LogP contribution in [0.4, 0.5) is 0 Å². The van der Waals surface area contributed by atoms with Crippen molar-refractivity contribution in [3.8, 4) is 0 Å². The number of carbonyl (C=O) groups is 2. The number of carbonyl (C=O) groups excluding carboxylic acids is 2. The van der Waals surface area contributed by atoms with Crippen LogP contribution in [0.25, 0.3) is 0 Å². The van der Waals surface area contributed by atoms with E-state index in [0.717, 1.165) is 51.5 Å². The second kappa shape index (κ2) is 13.6. The van der Waals surface area contributed by atoms with Crippen LogP contribution in [0.2, 0.25) is 0 Å². The highest BCUT2D eigenvalue weighted by Gasteiger charge is 2.01. The molecule has 3 heteroatoms. The summed E-state index contributed by atoms with van der Waals surface area (Å²) in [6, 6.07) is 0. The van der Waals surface area contributed by atoms with Crippen molar-refractivity contribution in [3.05, 3.63) is 0 Å². The van der Waals surface area contributed by atoms with Gasteiger partial charge >= 0.3 is 0 Å². The van der Waals surface area contributed by atoms with Gasteiger partial charge in [-0.05, 0) is 19.3 Å². The van der Waals surface area contributed by atoms with E-state index in [9.17, 15) is 9.59 Å². The van der Waals surface area contributed by atoms with Crippen molar-refractivity contribution in [1.82, 2.24) is 5.32 Å². The lowest BCUT2D eigenvalue weighted by Gasteiger charge is -2.03. The highest BCUT2D eigenvalue weighted by Crippen LogP contribution is 2.09. The Balaban J connectivity index is 3.16. The third-order valence-corrected chi connectivity index (χ3v) is 3.32. The molecule has 112 valence electrons. The summed E-state index contributed by atoms with van der Waals surface area (Å²) in [5, 5.41) is 2.80. The fraction of sp³-hybridized carbons (Fsp3) is 0.875. The largest absolute Gasteiger partial charge is 0.356 e. The summed E-state index contributed by atoms with van der Waals surface area (Å²) >= 11 is 0. The molecule has 0 saturated heterocycles. The summed E-state index contributed by atoms with van der Waals surface area (Å²) < 4.78 is 0. The molecule has 0 fully saturated rings. The van der Waals surface area contributed by atoms with Gasteiger partial charge in [0.1, 0.15) is 5.78 Å². The molecule has 0 heterocycles. The number of unbranched alkanes of at least 4 members (excludes halogenated alkanes) is 7. The van der Waals surface area contributed by atoms with Crippen LogP contribution in [-0.4, -0.2) is 18.2 Å². The highest BCUT2D eigenvalue weighted by molar-refractivity contribution is 5.78. The summed E-state index contributed by atoms with van der Waals surface area (Å²) in [7, 11) is 0. The summed E-state index contributed by atoms with van der Waals surface area (Å²) in [5.41, 5.74) is 0. The normalized spacial score (nSPS) is 10.4. The van der Waals surface area contributed by atoms with Crippen molar-refractivity contribution in [2.24, 2.45) is 0 Å². The van der Waals surface area contributed by atoms with Gasteiger partial charge in [0.05, 0.1) is 0 Å². The summed E-state index contributed by atoms with van der Waals surface area (Å²) in [5.74, 6) is 0.489. The Kier molecular flexibility index (Phi) is 13.0. The zero-order valence-electron chi connectivity index (χ0n) is 12.8. The van der Waals surface area contributed by atoms with E-state index in [1.54, 1.807) is 6.92 Å². The Morgan fingerprint density at radius 3 is 1.89 bits per heavy atom. The average molecular weight is 269 g/mol. The topological polar surface area (TPSA) is 46.2 Å². The summed E-state index contributed by atoms with van der Waals surface area (Å²) in [6.07, 6.45) is 11.8. The lowest BCUT2D eigenvalue weighted by Crippen LogP contribution is -2.20. The van der Waals surface area contributed by atoms with Crippen molar-refractivity contribution in [2.75, 3.05) is 6.54 Å². The zero-order chi connectivity index (χ0) is 14.3. The van der Waals surface area contributed by atoms with Crippen molar-refractivity contribution in [2.45, 2.75) is 84.5 Å². The van der Waals surface area contributed by atoms with Gasteiger partial charge in [-0.1, -0.05) is 45.4 Å². The van der Waals surface area contributed by atoms with E-state index < -0.39 is 0 Å². The van der Waals surface area contributed by atoms with Gasteiger partial charge in [0, 0.05) is 26.3 Å². The van der Waals surface area contributed by atoms with E-state index in [-0.39, 0.29) is 5.91 Å². The molecular weight excluding hydrogens is 238 g/mol. The van der Waals surface area contributed by atoms with E-state index in [0.29, 0.717) is 5.78 Å². The first kappa shape index (κ1) is 18.1. The first-order chi connectivity index (χ1) is 9.16. The maximum atomic E-state index is 11.6. The maximum absolute atomic E-state index is 11.6. The van der Waals surface area contributed by atoms with Crippen LogP contribution < -0.4 is 5.32 Å². The van der Waals surface area contributed by atoms with Gasteiger partial charge in [-0.25, -0.2) is 0 Å². The highest BCUT2D eigenvalue weighted by atomic mass is 16.1. The standard InChI is InChI=1S/C16H31NO2/c1-3-4-5-9-12-16(19)13-10-7-6-8-11-14-17-15(2)18/h3-14H2,1-2H3,(H,17,18). The molecule has 0 radical (unpaired) electrons. The number of hydrogen-bond acceptors (Lipinski definition) is 2. The number of rotatable bonds is 13. The molecule has 0 saturated carbocycles. The molecule has 1 amide bonds. The fourth-order valence-corrected chi connectivity index (χ4v) is 2.12. The van der Waals surface area contributed by atoms with E-state index >= 15 is 0 Å². The van der Waals surface area contributed by atoms with Crippen molar-refractivity contribution >= 4 is 11.7 Å². The Bertz CT molecular complexity index is 239. The van der Waals surface area contributed by atoms with Crippen molar-refractivity contribution in [3.63, 3.8) is 0 Å². The molecule has 0 aliphatic carbocycles. The number of hydrogen-bond donors (Lipinski definition) is 1. The van der Waals surface area contributed by atoms with E-state index in [1.165, 1.54) is 25.7 Å². The second-order valence-corrected chi connectivity index (χ2v) is 5.35. The molecule has 0 aromatic carbocycles. The summed E-state index contributed by atoms with van der Waals surface area (Å²) in [6.45, 7) is 4.52. The smallest absolute Gasteiger partial charge is 0.216 e. The zero-order valence-corrected chi connectivity index (χ0v) is 12.8. The van der Waals surface area contributed by atoms with Crippen molar-refractivity contribution < 1.29 is 9.59 Å². The molecule has 0 aliphatic heterocycles. The number of nitrogens with one attached hydrogen (secondary N) is 1. The quantitative estimate of drug-likeness (QED) is 0.514. The monoisotopic (exact) mass is 269 g/mol. The molecule has 0 spiro atoms. The molecule has 3 nitrogen and oxygen atoms in total. The van der Waals surface area contributed by atoms with Crippen LogP contribution in [0.1, 0.15) is 84.5 Å². The molecule has 0 atom stereocenters. The minimum Gasteiger partial charge on any atom is -0.356 e. The van der Waals surface area contributed by atoms with Crippen LogP contribution in [0.3, 0.4) is 0 Å². The van der Waals surface area contributed by atoms with Crippen LogP contribution >= 0.6 is 0 Å². The van der Waals surface area contributed by atoms with Crippen molar-refractivity contribution in [1.29, 1.82) is 0 Å². The number of Topliss-reactive ketones (excluding diaryl/α,β-unsaturated/α-hetero) is 1. The Hall–Kier alpha value is -0.860. The van der Waals surface area contributed by atoms with Gasteiger partial charge in [-0.15, -0.1) is 0 Å². The van der Waals surface area contributed by atoms with Crippen LogP contribution in [0.5, 0.6) is 0 Å². The molecule has 0 aromatic heterocycles. The third kappa shape index (κ3) is 15.1. The van der Waals surface area contributed by atoms with Crippen LogP contribution in [-0.2, 0) is 9.59 Å². The molecule has 1 N–H and O–H groups in total. The van der Waals surface area contributed by atoms with E-state index in [1.807, 2.05) is 0 Å². The predicted octanol–water partition coefficient (Wildman–Crippen LogP) is 4.00. The van der Waals surface area contributed by atoms with Crippen LogP contribution in [0, 0.1) is 0 Å². The average Bonchev–Trinajstić information content (AvgIpc) is 2.37. The fourth-order valence-electron chi connectivity index (χ4n) is 2.12. The number of amides is 1. The Morgan fingerprint density at radius 2 is 1.32 bits per heavy atom. The molecular formula is C16H31NO2. The second-order valence-electron chi connectivity index (χ2n) is 5.35. The Morgan fingerprint density at radius 1 is 0.789 bits per heavy atom. The van der Waals surface area contributed by atoms with Gasteiger partial charge < -0.3 is 5.32 Å². The Labute approximate surface area is 118 Å². The van der Waals surface area contributed by atoms with Gasteiger partial charge in [0.2, 0.25) is 5.91 Å². The first-order valence-corrected chi connectivity index (χ1v) is 7.93. The number of ketones is 1. The molecule has 0 unspecified atom stereocenters. The van der Waals surface area contributed by atoms with E-state index in [4.69, 9.17) is 0 Å². The third-order valence-electron chi connectivity index (χ3n) is 3.32. The molecule has 0 aliphatic rings. The first-order valence-electron chi connectivity index (χ1n) is 7.93. The maximum Gasteiger partial charge on any atom is 0.216 e. The van der Waals surface area contributed by atoms with E-state index in [2.05, 4.69) is 12.2 Å². The molecule has 0 aromatic rings. The molecule has 0 bridgehead atoms. The predicted molar refractivity (Wildman–Crippen MR) is 80.2 cm³/mol. The minimum absolute atomic E-state index is 0.0497. The van der Waals surface area contributed by atoms with Crippen LogP contribution in [0.15, 0.2) is 0 Å². The van der Waals surface area contributed by atoms with Gasteiger partial charge in [-0.3, -0.25) is 9.59 Å². The van der Waals surface area contributed by atoms with Gasteiger partial charge in [0.25, 0.3) is 0 Å². The molecule has 0 rings (SSSR count). The van der Waals surface area contributed by atoms with Gasteiger partial charge in [0.15, 0.2) is 0 Å². The van der Waals surface area contributed by atoms with Gasteiger partial charge in [-0.2, -0.15) is 0 Å². The lowest BCUT2D eigenvalue weighted by molar-refractivity contribution is -0.120. The summed E-state index contributed by atoms with van der Waals surface area (Å²) in [4.78, 5) is 22.2. The minimum atomic E-state index is 0.0497. The lowest BCUT2D eigenvalue weighted by atomic mass is 10.0. The molecule has 19 heavy (non-hydrogen) atoms.